The fraction of sp³-hybridized carbons (Fsp3) is 0.480. The lowest BCUT2D eigenvalue weighted by Gasteiger charge is -2.56. The van der Waals surface area contributed by atoms with Gasteiger partial charge in [0.15, 0.2) is 0 Å². The van der Waals surface area contributed by atoms with E-state index in [1.54, 1.807) is 36.4 Å². The smallest absolute Gasteiger partial charge is 0.312 e. The predicted molar refractivity (Wildman–Crippen MR) is 122 cm³/mol. The van der Waals surface area contributed by atoms with Crippen molar-refractivity contribution in [2.45, 2.75) is 49.4 Å². The Hall–Kier alpha value is -2.79. The van der Waals surface area contributed by atoms with Gasteiger partial charge < -0.3 is 20.4 Å². The summed E-state index contributed by atoms with van der Waals surface area (Å²) in [5.41, 5.74) is -3.33. The van der Waals surface area contributed by atoms with E-state index >= 15 is 0 Å². The summed E-state index contributed by atoms with van der Waals surface area (Å²) in [5.74, 6) is 0. The van der Waals surface area contributed by atoms with E-state index in [1.165, 1.54) is 38.1 Å². The number of nitrogens with one attached hydrogen (secondary N) is 2. The molecule has 2 amide bonds. The summed E-state index contributed by atoms with van der Waals surface area (Å²) in [6.07, 6.45) is -9.44. The van der Waals surface area contributed by atoms with Gasteiger partial charge in [-0.25, -0.2) is 4.79 Å². The molecule has 0 bridgehead atoms. The third-order valence-corrected chi connectivity index (χ3v) is 7.45. The monoisotopic (exact) mass is 514 g/mol. The van der Waals surface area contributed by atoms with Crippen molar-refractivity contribution in [1.82, 2.24) is 20.4 Å². The molecule has 2 N–H and O–H groups in total. The van der Waals surface area contributed by atoms with Crippen molar-refractivity contribution in [3.05, 3.63) is 71.8 Å². The highest BCUT2D eigenvalue weighted by Gasteiger charge is 2.62. The van der Waals surface area contributed by atoms with Crippen LogP contribution in [-0.4, -0.2) is 66.4 Å². The van der Waals surface area contributed by atoms with E-state index in [0.717, 1.165) is 9.80 Å². The zero-order valence-corrected chi connectivity index (χ0v) is 19.8. The van der Waals surface area contributed by atoms with Crippen LogP contribution in [0, 0.1) is 0 Å². The van der Waals surface area contributed by atoms with Gasteiger partial charge in [-0.15, -0.1) is 0 Å². The molecule has 2 aliphatic heterocycles. The van der Waals surface area contributed by atoms with E-state index < -0.39 is 41.5 Å². The maximum atomic E-state index is 14.3. The molecule has 196 valence electrons. The van der Waals surface area contributed by atoms with Crippen LogP contribution in [0.5, 0.6) is 0 Å². The van der Waals surface area contributed by atoms with Gasteiger partial charge in [0.05, 0.1) is 11.1 Å². The molecular formula is C25H28F6N4O. The maximum Gasteiger partial charge on any atom is 0.406 e. The minimum Gasteiger partial charge on any atom is -0.312 e. The second-order valence-electron chi connectivity index (χ2n) is 9.47. The number of piperazine rings is 2. The van der Waals surface area contributed by atoms with Gasteiger partial charge in [-0.1, -0.05) is 60.7 Å². The van der Waals surface area contributed by atoms with E-state index in [4.69, 9.17) is 0 Å². The number of benzene rings is 2. The lowest BCUT2D eigenvalue weighted by atomic mass is 9.79. The van der Waals surface area contributed by atoms with E-state index in [1.807, 2.05) is 0 Å². The first kappa shape index (κ1) is 26.3. The van der Waals surface area contributed by atoms with Gasteiger partial charge in [0, 0.05) is 26.2 Å². The highest BCUT2D eigenvalue weighted by molar-refractivity contribution is 5.78. The number of hydrogen-bond donors (Lipinski definition) is 2. The highest BCUT2D eigenvalue weighted by Crippen LogP contribution is 2.45. The van der Waals surface area contributed by atoms with Crippen LogP contribution >= 0.6 is 0 Å². The molecule has 0 aliphatic carbocycles. The first-order valence-corrected chi connectivity index (χ1v) is 11.6. The van der Waals surface area contributed by atoms with Crippen LogP contribution in [0.4, 0.5) is 31.1 Å². The first-order chi connectivity index (χ1) is 16.8. The molecule has 36 heavy (non-hydrogen) atoms. The number of amides is 2. The molecule has 4 atom stereocenters. The zero-order valence-electron chi connectivity index (χ0n) is 19.8. The lowest BCUT2D eigenvalue weighted by Crippen LogP contribution is -2.75. The van der Waals surface area contributed by atoms with E-state index in [9.17, 15) is 31.1 Å². The normalized spacial score (nSPS) is 29.8. The van der Waals surface area contributed by atoms with E-state index in [2.05, 4.69) is 10.6 Å². The Balaban J connectivity index is 1.85. The zero-order chi connectivity index (χ0) is 26.4. The lowest BCUT2D eigenvalue weighted by molar-refractivity contribution is -0.200. The average molecular weight is 515 g/mol. The van der Waals surface area contributed by atoms with Crippen molar-refractivity contribution in [3.63, 3.8) is 0 Å². The topological polar surface area (TPSA) is 47.6 Å². The summed E-state index contributed by atoms with van der Waals surface area (Å²) in [6, 6.07) is 10.5. The van der Waals surface area contributed by atoms with Crippen molar-refractivity contribution >= 4 is 6.03 Å². The number of alkyl halides is 6. The minimum absolute atomic E-state index is 0.109. The second kappa shape index (κ2) is 9.26. The molecule has 2 heterocycles. The largest absolute Gasteiger partial charge is 0.406 e. The van der Waals surface area contributed by atoms with Gasteiger partial charge in [0.2, 0.25) is 0 Å². The Morgan fingerprint density at radius 2 is 1.06 bits per heavy atom. The fourth-order valence-electron chi connectivity index (χ4n) is 5.61. The Kier molecular flexibility index (Phi) is 6.76. The van der Waals surface area contributed by atoms with E-state index in [-0.39, 0.29) is 37.3 Å². The number of carbonyl (C=O) groups is 1. The van der Waals surface area contributed by atoms with Crippen molar-refractivity contribution in [1.29, 1.82) is 0 Å². The molecule has 4 unspecified atom stereocenters. The molecule has 2 aromatic rings. The van der Waals surface area contributed by atoms with Crippen molar-refractivity contribution in [3.8, 4) is 0 Å². The molecule has 4 rings (SSSR count). The van der Waals surface area contributed by atoms with Crippen molar-refractivity contribution in [2.75, 3.05) is 26.2 Å². The fourth-order valence-corrected chi connectivity index (χ4v) is 5.61. The number of halogens is 6. The molecule has 2 aliphatic rings. The number of rotatable bonds is 2. The molecule has 2 fully saturated rings. The number of urea groups is 1. The summed E-state index contributed by atoms with van der Waals surface area (Å²) in [7, 11) is 0. The van der Waals surface area contributed by atoms with Crippen LogP contribution < -0.4 is 10.6 Å². The minimum atomic E-state index is -4.72. The van der Waals surface area contributed by atoms with Gasteiger partial charge in [0.1, 0.15) is 12.1 Å². The number of carbonyl (C=O) groups excluding carboxylic acids is 1. The molecule has 0 saturated carbocycles. The maximum absolute atomic E-state index is 14.3. The highest BCUT2D eigenvalue weighted by atomic mass is 19.4. The van der Waals surface area contributed by atoms with Crippen LogP contribution in [0.25, 0.3) is 0 Å². The Morgan fingerprint density at radius 3 is 1.36 bits per heavy atom. The summed E-state index contributed by atoms with van der Waals surface area (Å²) in [4.78, 5) is 16.3. The van der Waals surface area contributed by atoms with Crippen LogP contribution in [-0.2, 0) is 11.1 Å². The van der Waals surface area contributed by atoms with Crippen molar-refractivity contribution in [2.24, 2.45) is 0 Å². The average Bonchev–Trinajstić information content (AvgIpc) is 2.83. The predicted octanol–water partition coefficient (Wildman–Crippen LogP) is 4.61. The van der Waals surface area contributed by atoms with Crippen LogP contribution in [0.15, 0.2) is 60.7 Å². The van der Waals surface area contributed by atoms with Crippen LogP contribution in [0.1, 0.15) is 25.0 Å². The SMILES string of the molecule is CC1(c2ccccc2)C(C(F)(F)F)NCCN1C(=O)N1CCNC(C(F)(F)F)C1(C)c1ccccc1. The molecule has 2 aromatic carbocycles. The molecule has 5 nitrogen and oxygen atoms in total. The Labute approximate surface area is 205 Å². The summed E-state index contributed by atoms with van der Waals surface area (Å²) in [5, 5.41) is 4.98. The quantitative estimate of drug-likeness (QED) is 0.576. The van der Waals surface area contributed by atoms with E-state index in [0.29, 0.717) is 0 Å². The molecule has 0 radical (unpaired) electrons. The van der Waals surface area contributed by atoms with Gasteiger partial charge in [-0.2, -0.15) is 26.3 Å². The molecule has 0 spiro atoms. The van der Waals surface area contributed by atoms with Crippen LogP contribution in [0.3, 0.4) is 0 Å². The second-order valence-corrected chi connectivity index (χ2v) is 9.47. The van der Waals surface area contributed by atoms with Gasteiger partial charge in [-0.3, -0.25) is 0 Å². The molecule has 2 saturated heterocycles. The van der Waals surface area contributed by atoms with Gasteiger partial charge >= 0.3 is 18.4 Å². The summed E-state index contributed by atoms with van der Waals surface area (Å²) in [6.45, 7) is 2.09. The summed E-state index contributed by atoms with van der Waals surface area (Å²) >= 11 is 0. The molecule has 11 heteroatoms. The third kappa shape index (κ3) is 4.32. The molecule has 0 aromatic heterocycles. The summed E-state index contributed by atoms with van der Waals surface area (Å²) < 4.78 is 85.6. The number of nitrogens with zero attached hydrogens (tertiary/aromatic N) is 2. The Morgan fingerprint density at radius 1 is 0.722 bits per heavy atom. The molecular weight excluding hydrogens is 486 g/mol. The van der Waals surface area contributed by atoms with Gasteiger partial charge in [-0.05, 0) is 25.0 Å². The van der Waals surface area contributed by atoms with Crippen LogP contribution in [0.2, 0.25) is 0 Å². The first-order valence-electron chi connectivity index (χ1n) is 11.6. The van der Waals surface area contributed by atoms with Gasteiger partial charge in [0.25, 0.3) is 0 Å². The Bertz CT molecular complexity index is 980. The third-order valence-electron chi connectivity index (χ3n) is 7.45. The standard InChI is InChI=1S/C25H28F6N4O/c1-22(17-9-5-3-6-10-17)19(24(26,27)28)32-13-15-34(22)21(36)35-16-14-33-20(25(29,30)31)23(35,2)18-11-7-4-8-12-18/h3-12,19-20,32-33H,13-16H2,1-2H3. The number of hydrogen-bond acceptors (Lipinski definition) is 3. The van der Waals surface area contributed by atoms with Crippen molar-refractivity contribution < 1.29 is 31.1 Å².